The van der Waals surface area contributed by atoms with Crippen LogP contribution >= 0.6 is 0 Å². The van der Waals surface area contributed by atoms with Crippen LogP contribution in [-0.4, -0.2) is 10.9 Å². The number of amides is 1. The van der Waals surface area contributed by atoms with E-state index in [0.717, 1.165) is 22.3 Å². The highest BCUT2D eigenvalue weighted by atomic mass is 16.1. The smallest absolute Gasteiger partial charge is 0.252 e. The highest BCUT2D eigenvalue weighted by Crippen LogP contribution is 2.16. The Morgan fingerprint density at radius 3 is 2.44 bits per heavy atom. The van der Waals surface area contributed by atoms with Crippen LogP contribution in [-0.2, 0) is 6.54 Å². The lowest BCUT2D eigenvalue weighted by Gasteiger charge is -2.11. The maximum Gasteiger partial charge on any atom is 0.252 e. The number of aromatic amines is 1. The molecule has 94 valence electrons. The van der Waals surface area contributed by atoms with Gasteiger partial charge in [0.2, 0.25) is 0 Å². The van der Waals surface area contributed by atoms with Gasteiger partial charge in [0, 0.05) is 24.5 Å². The summed E-state index contributed by atoms with van der Waals surface area (Å²) in [7, 11) is 0. The molecule has 0 saturated carbocycles. The van der Waals surface area contributed by atoms with E-state index in [2.05, 4.69) is 10.3 Å². The molecule has 1 amide bonds. The quantitative estimate of drug-likeness (QED) is 0.854. The first kappa shape index (κ1) is 12.4. The number of carbonyl (C=O) groups is 1. The summed E-state index contributed by atoms with van der Waals surface area (Å²) in [5, 5.41) is 2.94. The Balaban J connectivity index is 2.14. The van der Waals surface area contributed by atoms with Crippen molar-refractivity contribution in [3.05, 3.63) is 58.4 Å². The highest BCUT2D eigenvalue weighted by Gasteiger charge is 2.12. The zero-order valence-electron chi connectivity index (χ0n) is 11.0. The summed E-state index contributed by atoms with van der Waals surface area (Å²) in [6.45, 7) is 6.55. The van der Waals surface area contributed by atoms with E-state index >= 15 is 0 Å². The van der Waals surface area contributed by atoms with E-state index in [4.69, 9.17) is 0 Å². The van der Waals surface area contributed by atoms with E-state index in [1.54, 1.807) is 0 Å². The summed E-state index contributed by atoms with van der Waals surface area (Å²) in [5.41, 5.74) is 5.10. The third-order valence-corrected chi connectivity index (χ3v) is 3.02. The third-order valence-electron chi connectivity index (χ3n) is 3.02. The number of hydrogen-bond donors (Lipinski definition) is 2. The standard InChI is InChI=1S/C15H18N2O/c1-10-6-11(2)14(12(3)7-10)15(18)17-9-13-4-5-16-8-13/h4-8,16H,9H2,1-3H3,(H,17,18). The Morgan fingerprint density at radius 1 is 1.22 bits per heavy atom. The number of carbonyl (C=O) groups excluding carboxylic acids is 1. The van der Waals surface area contributed by atoms with Crippen LogP contribution in [0.4, 0.5) is 0 Å². The molecule has 18 heavy (non-hydrogen) atoms. The lowest BCUT2D eigenvalue weighted by atomic mass is 9.99. The summed E-state index contributed by atoms with van der Waals surface area (Å²) in [6.07, 6.45) is 3.74. The van der Waals surface area contributed by atoms with Crippen molar-refractivity contribution in [2.45, 2.75) is 27.3 Å². The van der Waals surface area contributed by atoms with Crippen molar-refractivity contribution in [1.29, 1.82) is 0 Å². The molecule has 0 saturated heterocycles. The number of aryl methyl sites for hydroxylation is 3. The van der Waals surface area contributed by atoms with Crippen LogP contribution in [0.25, 0.3) is 0 Å². The predicted molar refractivity (Wildman–Crippen MR) is 72.6 cm³/mol. The number of rotatable bonds is 3. The molecule has 1 aromatic carbocycles. The predicted octanol–water partition coefficient (Wildman–Crippen LogP) is 2.87. The van der Waals surface area contributed by atoms with Crippen LogP contribution in [0.2, 0.25) is 0 Å². The van der Waals surface area contributed by atoms with Crippen LogP contribution in [0.15, 0.2) is 30.6 Å². The first-order chi connectivity index (χ1) is 8.58. The molecular formula is C15H18N2O. The lowest BCUT2D eigenvalue weighted by Crippen LogP contribution is -2.24. The minimum Gasteiger partial charge on any atom is -0.367 e. The van der Waals surface area contributed by atoms with Crippen molar-refractivity contribution in [1.82, 2.24) is 10.3 Å². The summed E-state index contributed by atoms with van der Waals surface area (Å²) in [4.78, 5) is 15.1. The molecule has 0 fully saturated rings. The van der Waals surface area contributed by atoms with Gasteiger partial charge in [-0.3, -0.25) is 4.79 Å². The van der Waals surface area contributed by atoms with Gasteiger partial charge < -0.3 is 10.3 Å². The maximum atomic E-state index is 12.2. The molecule has 0 atom stereocenters. The Hall–Kier alpha value is -2.03. The van der Waals surface area contributed by atoms with Crippen molar-refractivity contribution in [2.75, 3.05) is 0 Å². The van der Waals surface area contributed by atoms with Gasteiger partial charge in [0.15, 0.2) is 0 Å². The van der Waals surface area contributed by atoms with Gasteiger partial charge in [0.1, 0.15) is 0 Å². The monoisotopic (exact) mass is 242 g/mol. The number of hydrogen-bond acceptors (Lipinski definition) is 1. The molecule has 0 spiro atoms. The third kappa shape index (κ3) is 2.62. The molecule has 0 radical (unpaired) electrons. The molecular weight excluding hydrogens is 224 g/mol. The lowest BCUT2D eigenvalue weighted by molar-refractivity contribution is 0.0949. The molecule has 0 aliphatic heterocycles. The molecule has 2 N–H and O–H groups in total. The molecule has 3 heteroatoms. The first-order valence-corrected chi connectivity index (χ1v) is 6.05. The first-order valence-electron chi connectivity index (χ1n) is 6.05. The van der Waals surface area contributed by atoms with Gasteiger partial charge in [-0.25, -0.2) is 0 Å². The van der Waals surface area contributed by atoms with Gasteiger partial charge in [0.05, 0.1) is 0 Å². The van der Waals surface area contributed by atoms with Crippen molar-refractivity contribution in [3.8, 4) is 0 Å². The molecule has 1 aromatic heterocycles. The van der Waals surface area contributed by atoms with Gasteiger partial charge in [-0.05, 0) is 43.5 Å². The van der Waals surface area contributed by atoms with Crippen molar-refractivity contribution in [2.24, 2.45) is 0 Å². The molecule has 1 heterocycles. The number of benzene rings is 1. The van der Waals surface area contributed by atoms with Crippen LogP contribution in [0.5, 0.6) is 0 Å². The zero-order chi connectivity index (χ0) is 13.1. The second kappa shape index (κ2) is 5.08. The van der Waals surface area contributed by atoms with E-state index < -0.39 is 0 Å². The minimum atomic E-state index is -0.00815. The van der Waals surface area contributed by atoms with Crippen molar-refractivity contribution in [3.63, 3.8) is 0 Å². The van der Waals surface area contributed by atoms with E-state index in [-0.39, 0.29) is 5.91 Å². The van der Waals surface area contributed by atoms with E-state index in [0.29, 0.717) is 6.54 Å². The summed E-state index contributed by atoms with van der Waals surface area (Å²) in [5.74, 6) is -0.00815. The molecule has 0 aliphatic rings. The SMILES string of the molecule is Cc1cc(C)c(C(=O)NCc2cc[nH]c2)c(C)c1. The van der Waals surface area contributed by atoms with Gasteiger partial charge >= 0.3 is 0 Å². The Kier molecular flexibility index (Phi) is 3.51. The zero-order valence-corrected chi connectivity index (χ0v) is 11.0. The minimum absolute atomic E-state index is 0.00815. The van der Waals surface area contributed by atoms with Gasteiger partial charge in [-0.2, -0.15) is 0 Å². The normalized spacial score (nSPS) is 10.4. The fourth-order valence-corrected chi connectivity index (χ4v) is 2.28. The van der Waals surface area contributed by atoms with Crippen LogP contribution < -0.4 is 5.32 Å². The van der Waals surface area contributed by atoms with Gasteiger partial charge in [-0.1, -0.05) is 17.7 Å². The fraction of sp³-hybridized carbons (Fsp3) is 0.267. The topological polar surface area (TPSA) is 44.9 Å². The molecule has 0 aliphatic carbocycles. The van der Waals surface area contributed by atoms with E-state index in [1.165, 1.54) is 5.56 Å². The fourth-order valence-electron chi connectivity index (χ4n) is 2.28. The van der Waals surface area contributed by atoms with Crippen molar-refractivity contribution >= 4 is 5.91 Å². The molecule has 2 aromatic rings. The molecule has 3 nitrogen and oxygen atoms in total. The van der Waals surface area contributed by atoms with Gasteiger partial charge in [-0.15, -0.1) is 0 Å². The Morgan fingerprint density at radius 2 is 1.89 bits per heavy atom. The van der Waals surface area contributed by atoms with Crippen LogP contribution in [0.1, 0.15) is 32.6 Å². The molecule has 0 bridgehead atoms. The molecule has 2 rings (SSSR count). The average molecular weight is 242 g/mol. The highest BCUT2D eigenvalue weighted by molar-refractivity contribution is 5.97. The summed E-state index contributed by atoms with van der Waals surface area (Å²) >= 11 is 0. The van der Waals surface area contributed by atoms with E-state index in [1.807, 2.05) is 51.4 Å². The van der Waals surface area contributed by atoms with Crippen LogP contribution in [0.3, 0.4) is 0 Å². The second-order valence-electron chi connectivity index (χ2n) is 4.68. The molecule has 0 unspecified atom stereocenters. The number of H-pyrrole nitrogens is 1. The van der Waals surface area contributed by atoms with Crippen LogP contribution in [0, 0.1) is 20.8 Å². The summed E-state index contributed by atoms with van der Waals surface area (Å²) in [6, 6.07) is 6.03. The average Bonchev–Trinajstić information content (AvgIpc) is 2.77. The largest absolute Gasteiger partial charge is 0.367 e. The second-order valence-corrected chi connectivity index (χ2v) is 4.68. The Bertz CT molecular complexity index is 533. The van der Waals surface area contributed by atoms with Gasteiger partial charge in [0.25, 0.3) is 5.91 Å². The number of nitrogens with one attached hydrogen (secondary N) is 2. The Labute approximate surface area is 107 Å². The number of aromatic nitrogens is 1. The van der Waals surface area contributed by atoms with Crippen molar-refractivity contribution < 1.29 is 4.79 Å². The summed E-state index contributed by atoms with van der Waals surface area (Å²) < 4.78 is 0. The van der Waals surface area contributed by atoms with E-state index in [9.17, 15) is 4.79 Å². The maximum absolute atomic E-state index is 12.2.